The van der Waals surface area contributed by atoms with Crippen LogP contribution in [0.3, 0.4) is 0 Å². The molecule has 6 heteroatoms. The van der Waals surface area contributed by atoms with Crippen molar-refractivity contribution in [2.24, 2.45) is 12.8 Å². The summed E-state index contributed by atoms with van der Waals surface area (Å²) in [6, 6.07) is 4.34. The van der Waals surface area contributed by atoms with Gasteiger partial charge >= 0.3 is 0 Å². The fraction of sp³-hybridized carbons (Fsp3) is 0.167. The first-order chi connectivity index (χ1) is 8.65. The summed E-state index contributed by atoms with van der Waals surface area (Å²) in [5, 5.41) is 4.06. The van der Waals surface area contributed by atoms with Crippen molar-refractivity contribution in [1.82, 2.24) is 19.7 Å². The van der Waals surface area contributed by atoms with Gasteiger partial charge in [0.1, 0.15) is 11.3 Å². The van der Waals surface area contributed by atoms with Gasteiger partial charge in [-0.25, -0.2) is 9.37 Å². The van der Waals surface area contributed by atoms with Gasteiger partial charge in [0.25, 0.3) is 0 Å². The van der Waals surface area contributed by atoms with E-state index in [4.69, 9.17) is 5.73 Å². The van der Waals surface area contributed by atoms with Gasteiger partial charge < -0.3 is 10.7 Å². The third-order valence-corrected chi connectivity index (χ3v) is 2.86. The lowest BCUT2D eigenvalue weighted by Gasteiger charge is -2.04. The molecule has 18 heavy (non-hydrogen) atoms. The minimum absolute atomic E-state index is 0.312. The molecule has 2 aromatic heterocycles. The lowest BCUT2D eigenvalue weighted by Crippen LogP contribution is -2.12. The van der Waals surface area contributed by atoms with Gasteiger partial charge in [-0.15, -0.1) is 0 Å². The largest absolute Gasteiger partial charge is 0.340 e. The Bertz CT molecular complexity index is 699. The van der Waals surface area contributed by atoms with Crippen molar-refractivity contribution < 1.29 is 4.39 Å². The van der Waals surface area contributed by atoms with E-state index in [0.29, 0.717) is 16.9 Å². The monoisotopic (exact) mass is 245 g/mol. The Morgan fingerprint density at radius 1 is 1.44 bits per heavy atom. The zero-order chi connectivity index (χ0) is 12.7. The standard InChI is InChI=1S/C12H12FN5/c1-18-6-7(5-15-18)10(14)12-16-9-4-2-3-8(13)11(9)17-12/h2-6,10H,14H2,1H3,(H,16,17). The molecule has 3 rings (SSSR count). The predicted octanol–water partition coefficient (Wildman–Crippen LogP) is 1.48. The average Bonchev–Trinajstić information content (AvgIpc) is 2.95. The molecule has 3 N–H and O–H groups in total. The summed E-state index contributed by atoms with van der Waals surface area (Å²) in [4.78, 5) is 7.24. The first kappa shape index (κ1) is 10.9. The highest BCUT2D eigenvalue weighted by molar-refractivity contribution is 5.75. The number of halogens is 1. The number of para-hydroxylation sites is 1. The summed E-state index contributed by atoms with van der Waals surface area (Å²) >= 11 is 0. The summed E-state index contributed by atoms with van der Waals surface area (Å²) < 4.78 is 15.2. The number of H-pyrrole nitrogens is 1. The predicted molar refractivity (Wildman–Crippen MR) is 65.3 cm³/mol. The highest BCUT2D eigenvalue weighted by Crippen LogP contribution is 2.21. The van der Waals surface area contributed by atoms with Crippen molar-refractivity contribution >= 4 is 11.0 Å². The molecular formula is C12H12FN5. The third kappa shape index (κ3) is 1.67. The fourth-order valence-corrected chi connectivity index (χ4v) is 1.92. The minimum atomic E-state index is -0.439. The molecule has 5 nitrogen and oxygen atoms in total. The second kappa shape index (κ2) is 3.92. The van der Waals surface area contributed by atoms with E-state index in [1.807, 2.05) is 13.2 Å². The van der Waals surface area contributed by atoms with Crippen molar-refractivity contribution in [2.75, 3.05) is 0 Å². The Hall–Kier alpha value is -2.21. The number of nitrogens with two attached hydrogens (primary N) is 1. The van der Waals surface area contributed by atoms with E-state index in [1.54, 1.807) is 23.0 Å². The summed E-state index contributed by atoms with van der Waals surface area (Å²) in [6.45, 7) is 0. The number of nitrogens with one attached hydrogen (secondary N) is 1. The van der Waals surface area contributed by atoms with Crippen LogP contribution in [0.4, 0.5) is 4.39 Å². The number of aromatic amines is 1. The van der Waals surface area contributed by atoms with Crippen LogP contribution in [0, 0.1) is 5.82 Å². The molecule has 0 amide bonds. The number of rotatable bonds is 2. The molecule has 0 aliphatic rings. The zero-order valence-electron chi connectivity index (χ0n) is 9.76. The fourth-order valence-electron chi connectivity index (χ4n) is 1.92. The number of hydrogen-bond acceptors (Lipinski definition) is 3. The summed E-state index contributed by atoms with van der Waals surface area (Å²) in [7, 11) is 1.81. The molecule has 0 aliphatic heterocycles. The van der Waals surface area contributed by atoms with E-state index in [-0.39, 0.29) is 5.82 Å². The molecular weight excluding hydrogens is 233 g/mol. The number of nitrogens with zero attached hydrogens (tertiary/aromatic N) is 3. The van der Waals surface area contributed by atoms with E-state index < -0.39 is 6.04 Å². The lowest BCUT2D eigenvalue weighted by molar-refractivity contribution is 0.636. The quantitative estimate of drug-likeness (QED) is 0.718. The van der Waals surface area contributed by atoms with Crippen LogP contribution in [0.15, 0.2) is 30.6 Å². The SMILES string of the molecule is Cn1cc(C(N)c2nc3c(F)cccc3[nH]2)cn1. The molecule has 0 bridgehead atoms. The third-order valence-electron chi connectivity index (χ3n) is 2.86. The Kier molecular flexibility index (Phi) is 2.38. The van der Waals surface area contributed by atoms with Crippen LogP contribution < -0.4 is 5.73 Å². The second-order valence-electron chi connectivity index (χ2n) is 4.18. The Morgan fingerprint density at radius 3 is 2.94 bits per heavy atom. The van der Waals surface area contributed by atoms with Gasteiger partial charge in [-0.2, -0.15) is 5.10 Å². The van der Waals surface area contributed by atoms with Gasteiger partial charge in [0.15, 0.2) is 5.82 Å². The molecule has 2 heterocycles. The average molecular weight is 245 g/mol. The maximum absolute atomic E-state index is 13.5. The van der Waals surface area contributed by atoms with Gasteiger partial charge in [-0.1, -0.05) is 6.07 Å². The molecule has 0 fully saturated rings. The van der Waals surface area contributed by atoms with Crippen LogP contribution in [-0.2, 0) is 7.05 Å². The number of aryl methyl sites for hydroxylation is 1. The zero-order valence-corrected chi connectivity index (χ0v) is 9.76. The summed E-state index contributed by atoms with van der Waals surface area (Å²) in [6.07, 6.45) is 3.49. The molecule has 1 unspecified atom stereocenters. The van der Waals surface area contributed by atoms with Gasteiger partial charge in [0.2, 0.25) is 0 Å². The molecule has 92 valence electrons. The van der Waals surface area contributed by atoms with Crippen LogP contribution in [0.5, 0.6) is 0 Å². The van der Waals surface area contributed by atoms with Crippen molar-refractivity contribution in [3.8, 4) is 0 Å². The molecule has 0 aliphatic carbocycles. The first-order valence-corrected chi connectivity index (χ1v) is 5.53. The molecule has 1 atom stereocenters. The lowest BCUT2D eigenvalue weighted by atomic mass is 10.2. The van der Waals surface area contributed by atoms with Gasteiger partial charge in [0.05, 0.1) is 17.8 Å². The van der Waals surface area contributed by atoms with E-state index >= 15 is 0 Å². The number of fused-ring (bicyclic) bond motifs is 1. The number of benzene rings is 1. The highest BCUT2D eigenvalue weighted by atomic mass is 19.1. The van der Waals surface area contributed by atoms with Crippen LogP contribution in [0.1, 0.15) is 17.4 Å². The van der Waals surface area contributed by atoms with Gasteiger partial charge in [-0.05, 0) is 12.1 Å². The Morgan fingerprint density at radius 2 is 2.28 bits per heavy atom. The molecule has 0 saturated heterocycles. The Labute approximate surface area is 102 Å². The smallest absolute Gasteiger partial charge is 0.151 e. The minimum Gasteiger partial charge on any atom is -0.340 e. The van der Waals surface area contributed by atoms with Gasteiger partial charge in [0, 0.05) is 18.8 Å². The van der Waals surface area contributed by atoms with Crippen LogP contribution >= 0.6 is 0 Å². The van der Waals surface area contributed by atoms with Crippen LogP contribution in [0.25, 0.3) is 11.0 Å². The number of hydrogen-bond donors (Lipinski definition) is 2. The maximum Gasteiger partial charge on any atom is 0.151 e. The van der Waals surface area contributed by atoms with Crippen molar-refractivity contribution in [1.29, 1.82) is 0 Å². The van der Waals surface area contributed by atoms with E-state index in [9.17, 15) is 4.39 Å². The van der Waals surface area contributed by atoms with Crippen molar-refractivity contribution in [3.63, 3.8) is 0 Å². The first-order valence-electron chi connectivity index (χ1n) is 5.53. The summed E-state index contributed by atoms with van der Waals surface area (Å²) in [5.74, 6) is 0.177. The molecule has 0 spiro atoms. The van der Waals surface area contributed by atoms with Crippen molar-refractivity contribution in [2.45, 2.75) is 6.04 Å². The van der Waals surface area contributed by atoms with Crippen LogP contribution in [-0.4, -0.2) is 19.7 Å². The topological polar surface area (TPSA) is 72.5 Å². The summed E-state index contributed by atoms with van der Waals surface area (Å²) in [5.41, 5.74) is 7.86. The molecule has 0 saturated carbocycles. The van der Waals surface area contributed by atoms with Crippen molar-refractivity contribution in [3.05, 3.63) is 47.8 Å². The maximum atomic E-state index is 13.5. The molecule has 3 aromatic rings. The van der Waals surface area contributed by atoms with E-state index in [2.05, 4.69) is 15.1 Å². The molecule has 1 aromatic carbocycles. The van der Waals surface area contributed by atoms with Crippen LogP contribution in [0.2, 0.25) is 0 Å². The van der Waals surface area contributed by atoms with E-state index in [0.717, 1.165) is 5.56 Å². The highest BCUT2D eigenvalue weighted by Gasteiger charge is 2.16. The Balaban J connectivity index is 2.06. The number of aromatic nitrogens is 4. The normalized spacial score (nSPS) is 13.1. The van der Waals surface area contributed by atoms with Gasteiger partial charge in [-0.3, -0.25) is 4.68 Å². The molecule has 0 radical (unpaired) electrons. The van der Waals surface area contributed by atoms with E-state index in [1.165, 1.54) is 6.07 Å². The number of imidazole rings is 1. The second-order valence-corrected chi connectivity index (χ2v) is 4.18.